The number of aromatic nitrogens is 3. The monoisotopic (exact) mass is 1500 g/mol. The van der Waals surface area contributed by atoms with Crippen molar-refractivity contribution < 1.29 is 65.1 Å². The normalized spacial score (nSPS) is 24.2. The largest absolute Gasteiger partial charge is 0.325 e. The van der Waals surface area contributed by atoms with Crippen LogP contribution in [0.3, 0.4) is 0 Å². The molecule has 6 heterocycles. The summed E-state index contributed by atoms with van der Waals surface area (Å²) in [5, 5.41) is 7.54. The standard InChI is InChI=1S/3C14H13BrClFN4O3S2.3CH4/c3*1-21-11(13(22)19-7-2-3-9(17)8(16)4-7)5-10(20-26(21,23)24)14-18-6-12(15)25-14;;;/h3*2-4,6,10-11,20H,5H2,1H3,(H,19,22);3*1H4/t2*10-,11+;;;;/m10..../s1/i3*1D3;;;. The molecule has 21 nitrogen and oxygen atoms in total. The molecule has 6 aromatic rings. The molecule has 2 unspecified atom stereocenters. The van der Waals surface area contributed by atoms with Gasteiger partial charge in [0.05, 0.1) is 63.1 Å². The molecular weight excluding hydrogens is 1450 g/mol. The van der Waals surface area contributed by atoms with E-state index in [1.165, 1.54) is 36.8 Å². The fourth-order valence-electron chi connectivity index (χ4n) is 7.09. The Bertz CT molecular complexity index is 3560. The van der Waals surface area contributed by atoms with E-state index in [4.69, 9.17) is 47.1 Å². The van der Waals surface area contributed by atoms with Crippen LogP contribution in [0.25, 0.3) is 0 Å². The molecular formula is C45H51Br3Cl3F3N12O9S6. The fourth-order valence-corrected chi connectivity index (χ4v) is 15.4. The number of likely N-dealkylation sites (N-methyl/N-ethyl adjacent to an activating group) is 3. The van der Waals surface area contributed by atoms with E-state index < -0.39 is 123 Å². The zero-order valence-corrected chi connectivity index (χ0v) is 50.1. The van der Waals surface area contributed by atoms with Gasteiger partial charge in [-0.3, -0.25) is 14.4 Å². The second kappa shape index (κ2) is 29.2. The number of nitrogens with zero attached hydrogens (tertiary/aromatic N) is 6. The van der Waals surface area contributed by atoms with E-state index in [0.717, 1.165) is 70.4 Å². The summed E-state index contributed by atoms with van der Waals surface area (Å²) in [7, 11) is -13.6. The van der Waals surface area contributed by atoms with Gasteiger partial charge in [-0.15, -0.1) is 34.0 Å². The molecule has 9 rings (SSSR count). The maximum absolute atomic E-state index is 13.3. The van der Waals surface area contributed by atoms with Crippen LogP contribution in [0.1, 0.15) is 87.0 Å². The van der Waals surface area contributed by atoms with Crippen molar-refractivity contribution in [3.05, 3.63) is 132 Å². The number of thiazole rings is 3. The number of hydrogen-bond acceptors (Lipinski definition) is 15. The van der Waals surface area contributed by atoms with Gasteiger partial charge in [0.1, 0.15) is 50.6 Å². The minimum Gasteiger partial charge on any atom is -0.325 e. The molecule has 3 amide bonds. The van der Waals surface area contributed by atoms with Crippen molar-refractivity contribution in [3.8, 4) is 0 Å². The summed E-state index contributed by atoms with van der Waals surface area (Å²) >= 11 is 30.2. The molecule has 0 bridgehead atoms. The third-order valence-corrected chi connectivity index (χ3v) is 20.4. The van der Waals surface area contributed by atoms with Crippen LogP contribution in [0.15, 0.2) is 84.5 Å². The van der Waals surface area contributed by atoms with E-state index in [-0.39, 0.29) is 86.6 Å². The Morgan fingerprint density at radius 2 is 0.778 bits per heavy atom. The zero-order chi connectivity index (χ0) is 64.7. The molecule has 3 aromatic carbocycles. The molecule has 6 atom stereocenters. The van der Waals surface area contributed by atoms with Crippen LogP contribution in [0.5, 0.6) is 0 Å². The van der Waals surface area contributed by atoms with Gasteiger partial charge < -0.3 is 16.0 Å². The predicted octanol–water partition coefficient (Wildman–Crippen LogP) is 10.7. The summed E-state index contributed by atoms with van der Waals surface area (Å²) in [5.74, 6) is -4.79. The summed E-state index contributed by atoms with van der Waals surface area (Å²) in [6.07, 6.45) is 3.87. The Morgan fingerprint density at radius 1 is 0.531 bits per heavy atom. The lowest BCUT2D eigenvalue weighted by Gasteiger charge is -2.35. The van der Waals surface area contributed by atoms with Crippen molar-refractivity contribution in [2.75, 3.05) is 36.9 Å². The van der Waals surface area contributed by atoms with Crippen molar-refractivity contribution in [1.82, 2.24) is 42.0 Å². The number of anilines is 3. The van der Waals surface area contributed by atoms with Gasteiger partial charge in [0.15, 0.2) is 0 Å². The molecule has 0 spiro atoms. The molecule has 3 saturated heterocycles. The summed E-state index contributed by atoms with van der Waals surface area (Å²) < 4.78 is 193. The van der Waals surface area contributed by atoms with Crippen molar-refractivity contribution in [2.45, 2.75) is 77.8 Å². The number of carbonyl (C=O) groups excluding carboxylic acids is 3. The Kier molecular flexibility index (Phi) is 20.5. The second-order valence-electron chi connectivity index (χ2n) is 16.0. The van der Waals surface area contributed by atoms with Gasteiger partial charge in [0.2, 0.25) is 17.7 Å². The van der Waals surface area contributed by atoms with Gasteiger partial charge in [-0.05, 0) is 122 Å². The zero-order valence-electron chi connectivity index (χ0n) is 47.2. The topological polar surface area (TPSA) is 274 Å². The van der Waals surface area contributed by atoms with Crippen LogP contribution < -0.4 is 30.1 Å². The number of amides is 3. The summed E-state index contributed by atoms with van der Waals surface area (Å²) in [6.45, 7) is -9.33. The lowest BCUT2D eigenvalue weighted by Crippen LogP contribution is -2.55. The summed E-state index contributed by atoms with van der Waals surface area (Å²) in [5.41, 5.74) is 0.282. The Morgan fingerprint density at radius 3 is 0.975 bits per heavy atom. The minimum absolute atomic E-state index is 0. The van der Waals surface area contributed by atoms with E-state index in [0.29, 0.717) is 26.4 Å². The van der Waals surface area contributed by atoms with Gasteiger partial charge in [-0.2, -0.15) is 52.3 Å². The molecule has 3 aromatic heterocycles. The number of benzene rings is 3. The summed E-state index contributed by atoms with van der Waals surface area (Å²) in [6, 6.07) is 2.76. The number of hydrogen-bond donors (Lipinski definition) is 6. The molecule has 6 N–H and O–H groups in total. The highest BCUT2D eigenvalue weighted by Crippen LogP contribution is 2.36. The minimum atomic E-state index is -4.55. The maximum Gasteiger partial charge on any atom is 0.280 e. The first kappa shape index (κ1) is 56.8. The van der Waals surface area contributed by atoms with E-state index in [2.05, 4.69) is 92.9 Å². The molecule has 81 heavy (non-hydrogen) atoms. The average molecular weight is 1510 g/mol. The van der Waals surface area contributed by atoms with E-state index in [1.807, 2.05) is 0 Å². The molecule has 36 heteroatoms. The van der Waals surface area contributed by atoms with E-state index in [9.17, 15) is 52.8 Å². The van der Waals surface area contributed by atoms with Gasteiger partial charge in [-0.1, -0.05) is 57.1 Å². The van der Waals surface area contributed by atoms with Crippen LogP contribution >= 0.6 is 117 Å². The van der Waals surface area contributed by atoms with Crippen molar-refractivity contribution in [2.24, 2.45) is 0 Å². The average Bonchev–Trinajstić information content (AvgIpc) is 1.00. The first-order valence-electron chi connectivity index (χ1n) is 25.7. The van der Waals surface area contributed by atoms with Crippen LogP contribution in [0.4, 0.5) is 30.2 Å². The highest BCUT2D eigenvalue weighted by Gasteiger charge is 2.44. The van der Waals surface area contributed by atoms with Crippen LogP contribution in [0.2, 0.25) is 15.1 Å². The third kappa shape index (κ3) is 17.6. The van der Waals surface area contributed by atoms with Gasteiger partial charge in [0.25, 0.3) is 30.6 Å². The fraction of sp³-hybridized carbons (Fsp3) is 0.333. The number of halogens is 9. The Balaban J connectivity index is 0.000000284. The predicted molar refractivity (Wildman–Crippen MR) is 323 cm³/mol. The van der Waals surface area contributed by atoms with Gasteiger partial charge in [0, 0.05) is 50.3 Å². The van der Waals surface area contributed by atoms with Crippen molar-refractivity contribution in [3.63, 3.8) is 0 Å². The quantitative estimate of drug-likeness (QED) is 0.0789. The van der Waals surface area contributed by atoms with Crippen LogP contribution in [0, 0.1) is 17.5 Å². The van der Waals surface area contributed by atoms with Crippen LogP contribution in [-0.4, -0.2) is 110 Å². The Labute approximate surface area is 531 Å². The van der Waals surface area contributed by atoms with Crippen molar-refractivity contribution in [1.29, 1.82) is 0 Å². The first-order chi connectivity index (χ1) is 40.1. The molecule has 0 aliphatic carbocycles. The van der Waals surface area contributed by atoms with Gasteiger partial charge in [-0.25, -0.2) is 28.1 Å². The van der Waals surface area contributed by atoms with E-state index >= 15 is 0 Å². The summed E-state index contributed by atoms with van der Waals surface area (Å²) in [4.78, 5) is 50.8. The highest BCUT2D eigenvalue weighted by molar-refractivity contribution is 9.11. The SMILES string of the molecule is C.C.C.[2H]C([2H])([2H])N1C(C(=O)Nc2ccc(F)c(Cl)c2)CC(c2ncc(Br)s2)NS1(=O)=O.[2H]C([2H])([2H])N1[C@@H](C(=O)Nc2ccc(F)c(Cl)c2)C[C@@H](c2ncc(Br)s2)NS1(=O)=O.[2H]C([2H])([2H])N1[C@H](C(=O)Nc2ccc(F)c(Cl)c2)C[C@H](c2ncc(Br)s2)NS1(=O)=O. The number of rotatable bonds is 9. The third-order valence-electron chi connectivity index (χ3n) is 10.7. The molecule has 3 aliphatic rings. The number of nitrogens with one attached hydrogen (secondary N) is 6. The molecule has 3 fully saturated rings. The second-order valence-corrected chi connectivity index (χ2v) is 29.3. The highest BCUT2D eigenvalue weighted by atomic mass is 79.9. The smallest absolute Gasteiger partial charge is 0.280 e. The molecule has 0 saturated carbocycles. The first-order valence-corrected chi connectivity index (χ1v) is 31.5. The lowest BCUT2D eigenvalue weighted by atomic mass is 10.1. The molecule has 444 valence electrons. The van der Waals surface area contributed by atoms with Crippen LogP contribution in [-0.2, 0) is 45.0 Å². The van der Waals surface area contributed by atoms with Gasteiger partial charge >= 0.3 is 0 Å². The maximum atomic E-state index is 13.3. The Hall–Kier alpha value is -3.33. The lowest BCUT2D eigenvalue weighted by molar-refractivity contribution is -0.120. The van der Waals surface area contributed by atoms with E-state index in [1.54, 1.807) is 0 Å². The molecule has 3 aliphatic heterocycles. The number of carbonyl (C=O) groups is 3. The molecule has 0 radical (unpaired) electrons. The van der Waals surface area contributed by atoms with Crippen molar-refractivity contribution >= 4 is 182 Å².